The van der Waals surface area contributed by atoms with E-state index in [0.29, 0.717) is 30.1 Å². The summed E-state index contributed by atoms with van der Waals surface area (Å²) in [5.74, 6) is 0.231. The van der Waals surface area contributed by atoms with Gasteiger partial charge >= 0.3 is 12.4 Å². The van der Waals surface area contributed by atoms with Gasteiger partial charge in [-0.3, -0.25) is 9.88 Å². The van der Waals surface area contributed by atoms with Crippen molar-refractivity contribution in [3.63, 3.8) is 0 Å². The maximum absolute atomic E-state index is 12.6. The number of pyridine rings is 1. The quantitative estimate of drug-likeness (QED) is 0.474. The highest BCUT2D eigenvalue weighted by molar-refractivity contribution is 5.89. The van der Waals surface area contributed by atoms with Crippen LogP contribution in [0.3, 0.4) is 0 Å². The first-order chi connectivity index (χ1) is 17.3. The second-order valence-corrected chi connectivity index (χ2v) is 8.37. The zero-order valence-corrected chi connectivity index (χ0v) is 19.6. The summed E-state index contributed by atoms with van der Waals surface area (Å²) in [7, 11) is 0. The molecule has 7 nitrogen and oxygen atoms in total. The molecule has 0 aliphatic carbocycles. The zero-order valence-electron chi connectivity index (χ0n) is 19.6. The van der Waals surface area contributed by atoms with E-state index < -0.39 is 6.36 Å². The molecule has 0 bridgehead atoms. The van der Waals surface area contributed by atoms with Crippen LogP contribution in [0.1, 0.15) is 11.1 Å². The fourth-order valence-electron chi connectivity index (χ4n) is 3.85. The van der Waals surface area contributed by atoms with E-state index in [4.69, 9.17) is 4.74 Å². The number of hydrogen-bond acceptors (Lipinski definition) is 5. The SMILES string of the molecule is O=C(Nc1ccc(OCc2cccc(OC(F)(F)F)c2)cc1)N1CCN(CCc2ccncc2)CC1. The molecule has 190 valence electrons. The van der Waals surface area contributed by atoms with E-state index in [-0.39, 0.29) is 18.4 Å². The van der Waals surface area contributed by atoms with Crippen LogP contribution in [0.2, 0.25) is 0 Å². The summed E-state index contributed by atoms with van der Waals surface area (Å²) in [4.78, 5) is 20.8. The average molecular weight is 501 g/mol. The lowest BCUT2D eigenvalue weighted by Crippen LogP contribution is -2.50. The number of amides is 2. The van der Waals surface area contributed by atoms with Crippen LogP contribution >= 0.6 is 0 Å². The minimum Gasteiger partial charge on any atom is -0.489 e. The van der Waals surface area contributed by atoms with Gasteiger partial charge in [0.1, 0.15) is 18.1 Å². The molecule has 36 heavy (non-hydrogen) atoms. The fraction of sp³-hybridized carbons (Fsp3) is 0.308. The second kappa shape index (κ2) is 11.8. The lowest BCUT2D eigenvalue weighted by molar-refractivity contribution is -0.274. The van der Waals surface area contributed by atoms with Crippen LogP contribution in [-0.4, -0.2) is 59.9 Å². The van der Waals surface area contributed by atoms with Crippen LogP contribution < -0.4 is 14.8 Å². The molecule has 1 fully saturated rings. The van der Waals surface area contributed by atoms with E-state index in [2.05, 4.69) is 19.9 Å². The third kappa shape index (κ3) is 7.88. The number of alkyl halides is 3. The van der Waals surface area contributed by atoms with Crippen molar-refractivity contribution in [1.82, 2.24) is 14.8 Å². The summed E-state index contributed by atoms with van der Waals surface area (Å²) in [6, 6.07) is 16.4. The summed E-state index contributed by atoms with van der Waals surface area (Å²) >= 11 is 0. The van der Waals surface area contributed by atoms with Gasteiger partial charge in [0, 0.05) is 50.8 Å². The van der Waals surface area contributed by atoms with Crippen LogP contribution in [0.25, 0.3) is 0 Å². The number of hydrogen-bond donors (Lipinski definition) is 1. The minimum atomic E-state index is -4.74. The number of benzene rings is 2. The summed E-state index contributed by atoms with van der Waals surface area (Å²) < 4.78 is 46.7. The molecular weight excluding hydrogens is 473 g/mol. The predicted molar refractivity (Wildman–Crippen MR) is 129 cm³/mol. The van der Waals surface area contributed by atoms with Crippen molar-refractivity contribution < 1.29 is 27.4 Å². The van der Waals surface area contributed by atoms with E-state index >= 15 is 0 Å². The Morgan fingerprint density at radius 3 is 2.33 bits per heavy atom. The highest BCUT2D eigenvalue weighted by Crippen LogP contribution is 2.24. The van der Waals surface area contributed by atoms with Gasteiger partial charge in [-0.15, -0.1) is 13.2 Å². The molecule has 0 unspecified atom stereocenters. The van der Waals surface area contributed by atoms with Crippen LogP contribution in [-0.2, 0) is 13.0 Å². The van der Waals surface area contributed by atoms with Crippen LogP contribution in [0.5, 0.6) is 11.5 Å². The predicted octanol–water partition coefficient (Wildman–Crippen LogP) is 4.95. The summed E-state index contributed by atoms with van der Waals surface area (Å²) in [6.07, 6.45) is -0.192. The van der Waals surface area contributed by atoms with Gasteiger partial charge in [0.25, 0.3) is 0 Å². The zero-order chi connectivity index (χ0) is 25.4. The number of rotatable bonds is 8. The molecule has 0 radical (unpaired) electrons. The van der Waals surface area contributed by atoms with Gasteiger partial charge in [0.2, 0.25) is 0 Å². The number of ether oxygens (including phenoxy) is 2. The summed E-state index contributed by atoms with van der Waals surface area (Å²) in [6.45, 7) is 3.97. The van der Waals surface area contributed by atoms with Gasteiger partial charge in [-0.2, -0.15) is 0 Å². The third-order valence-electron chi connectivity index (χ3n) is 5.77. The second-order valence-electron chi connectivity index (χ2n) is 8.37. The minimum absolute atomic E-state index is 0.0756. The van der Waals surface area contributed by atoms with Crippen molar-refractivity contribution in [2.45, 2.75) is 19.4 Å². The number of aromatic nitrogens is 1. The van der Waals surface area contributed by atoms with E-state index in [1.807, 2.05) is 12.1 Å². The Morgan fingerprint density at radius 1 is 0.917 bits per heavy atom. The fourth-order valence-corrected chi connectivity index (χ4v) is 3.85. The Balaban J connectivity index is 1.20. The lowest BCUT2D eigenvalue weighted by atomic mass is 10.2. The largest absolute Gasteiger partial charge is 0.573 e. The van der Waals surface area contributed by atoms with Crippen molar-refractivity contribution in [3.8, 4) is 11.5 Å². The van der Waals surface area contributed by atoms with E-state index in [0.717, 1.165) is 26.1 Å². The van der Waals surface area contributed by atoms with Crippen LogP contribution in [0.4, 0.5) is 23.7 Å². The van der Waals surface area contributed by atoms with E-state index in [1.54, 1.807) is 47.6 Å². The first-order valence-corrected chi connectivity index (χ1v) is 11.6. The average Bonchev–Trinajstić information content (AvgIpc) is 2.87. The van der Waals surface area contributed by atoms with Gasteiger partial charge in [-0.25, -0.2) is 4.79 Å². The molecule has 1 N–H and O–H groups in total. The van der Waals surface area contributed by atoms with Crippen molar-refractivity contribution >= 4 is 11.7 Å². The maximum Gasteiger partial charge on any atom is 0.573 e. The number of carbonyl (C=O) groups excluding carboxylic acids is 1. The van der Waals surface area contributed by atoms with E-state index in [9.17, 15) is 18.0 Å². The maximum atomic E-state index is 12.6. The topological polar surface area (TPSA) is 66.9 Å². The number of nitrogens with zero attached hydrogens (tertiary/aromatic N) is 3. The number of halogens is 3. The monoisotopic (exact) mass is 500 g/mol. The molecule has 1 aliphatic heterocycles. The molecule has 0 saturated carbocycles. The molecular formula is C26H27F3N4O3. The van der Waals surface area contributed by atoms with Gasteiger partial charge in [-0.1, -0.05) is 12.1 Å². The van der Waals surface area contributed by atoms with Crippen LogP contribution in [0.15, 0.2) is 73.1 Å². The highest BCUT2D eigenvalue weighted by Gasteiger charge is 2.31. The molecule has 1 aromatic heterocycles. The summed E-state index contributed by atoms with van der Waals surface area (Å²) in [5, 5.41) is 2.90. The van der Waals surface area contributed by atoms with Crippen molar-refractivity contribution in [2.75, 3.05) is 38.0 Å². The Hall–Kier alpha value is -3.79. The molecule has 2 amide bonds. The molecule has 10 heteroatoms. The van der Waals surface area contributed by atoms with Crippen molar-refractivity contribution in [2.24, 2.45) is 0 Å². The van der Waals surface area contributed by atoms with Gasteiger partial charge in [-0.05, 0) is 66.1 Å². The third-order valence-corrected chi connectivity index (χ3v) is 5.77. The number of anilines is 1. The Kier molecular flexibility index (Phi) is 8.27. The standard InChI is InChI=1S/C26H27F3N4O3/c27-26(28,29)36-24-3-1-2-21(18-24)19-35-23-6-4-22(5-7-23)31-25(34)33-16-14-32(15-17-33)13-10-20-8-11-30-12-9-20/h1-9,11-12,18H,10,13-17,19H2,(H,31,34). The molecule has 1 saturated heterocycles. The highest BCUT2D eigenvalue weighted by atomic mass is 19.4. The van der Waals surface area contributed by atoms with Gasteiger partial charge in [0.05, 0.1) is 0 Å². The Labute approximate surface area is 207 Å². The first-order valence-electron chi connectivity index (χ1n) is 11.6. The lowest BCUT2D eigenvalue weighted by Gasteiger charge is -2.34. The number of piperazine rings is 1. The molecule has 4 rings (SSSR count). The molecule has 2 heterocycles. The number of carbonyl (C=O) groups is 1. The van der Waals surface area contributed by atoms with Crippen molar-refractivity contribution in [3.05, 3.63) is 84.2 Å². The molecule has 0 spiro atoms. The molecule has 0 atom stereocenters. The molecule has 1 aliphatic rings. The van der Waals surface area contributed by atoms with Gasteiger partial charge in [0.15, 0.2) is 0 Å². The van der Waals surface area contributed by atoms with Gasteiger partial charge < -0.3 is 19.7 Å². The van der Waals surface area contributed by atoms with E-state index in [1.165, 1.54) is 23.8 Å². The number of nitrogens with one attached hydrogen (secondary N) is 1. The Morgan fingerprint density at radius 2 is 1.64 bits per heavy atom. The first kappa shape index (κ1) is 25.3. The molecule has 2 aromatic carbocycles. The normalized spacial score (nSPS) is 14.4. The van der Waals surface area contributed by atoms with Crippen LogP contribution in [0, 0.1) is 0 Å². The van der Waals surface area contributed by atoms with Crippen molar-refractivity contribution in [1.29, 1.82) is 0 Å². The Bertz CT molecular complexity index is 1120. The summed E-state index contributed by atoms with van der Waals surface area (Å²) in [5.41, 5.74) is 2.42. The molecule has 3 aromatic rings. The smallest absolute Gasteiger partial charge is 0.489 e. The number of urea groups is 1.